The number of carbonyl (C=O) groups excluding carboxylic acids is 2. The molecule has 0 saturated carbocycles. The largest absolute Gasteiger partial charge is 0.469 e. The molecule has 0 spiro atoms. The molecule has 1 amide bonds. The lowest BCUT2D eigenvalue weighted by Crippen LogP contribution is -2.43. The molecule has 1 aliphatic rings. The lowest BCUT2D eigenvalue weighted by Gasteiger charge is -2.26. The first-order valence-electron chi connectivity index (χ1n) is 6.46. The number of nitrogens with zero attached hydrogens (tertiary/aromatic N) is 2. The summed E-state index contributed by atoms with van der Waals surface area (Å²) >= 11 is 0. The van der Waals surface area contributed by atoms with Crippen LogP contribution in [-0.2, 0) is 24.2 Å². The zero-order valence-corrected chi connectivity index (χ0v) is 13.0. The van der Waals surface area contributed by atoms with Crippen molar-refractivity contribution in [2.45, 2.75) is 18.9 Å². The van der Waals surface area contributed by atoms with Crippen molar-refractivity contribution < 1.29 is 22.7 Å². The Morgan fingerprint density at radius 3 is 2.45 bits per heavy atom. The number of methoxy groups -OCH3 is 1. The van der Waals surface area contributed by atoms with Crippen molar-refractivity contribution >= 4 is 21.7 Å². The van der Waals surface area contributed by atoms with Crippen molar-refractivity contribution in [2.24, 2.45) is 0 Å². The van der Waals surface area contributed by atoms with Crippen LogP contribution < -0.4 is 0 Å². The topological polar surface area (TPSA) is 84.0 Å². The van der Waals surface area contributed by atoms with E-state index in [1.165, 1.54) is 12.0 Å². The number of sulfone groups is 1. The summed E-state index contributed by atoms with van der Waals surface area (Å²) in [7, 11) is 1.69. The van der Waals surface area contributed by atoms with E-state index in [2.05, 4.69) is 4.74 Å². The highest BCUT2D eigenvalue weighted by molar-refractivity contribution is 7.91. The second-order valence-corrected chi connectivity index (χ2v) is 7.35. The third-order valence-electron chi connectivity index (χ3n) is 3.48. The molecule has 1 atom stereocenters. The van der Waals surface area contributed by atoms with Crippen molar-refractivity contribution in [1.29, 1.82) is 0 Å². The van der Waals surface area contributed by atoms with Gasteiger partial charge in [-0.05, 0) is 13.5 Å². The highest BCUT2D eigenvalue weighted by atomic mass is 32.2. The maximum atomic E-state index is 12.0. The first kappa shape index (κ1) is 16.9. The minimum atomic E-state index is -3.00. The van der Waals surface area contributed by atoms with Crippen LogP contribution in [0.1, 0.15) is 12.8 Å². The first-order valence-corrected chi connectivity index (χ1v) is 8.28. The summed E-state index contributed by atoms with van der Waals surface area (Å²) in [5, 5.41) is 0. The number of amides is 1. The van der Waals surface area contributed by atoms with Gasteiger partial charge in [0.2, 0.25) is 5.91 Å². The van der Waals surface area contributed by atoms with Gasteiger partial charge in [0.25, 0.3) is 0 Å². The van der Waals surface area contributed by atoms with E-state index in [9.17, 15) is 18.0 Å². The van der Waals surface area contributed by atoms with Crippen LogP contribution in [0.5, 0.6) is 0 Å². The molecule has 1 aliphatic heterocycles. The molecular formula is C12H22N2O5S. The zero-order valence-electron chi connectivity index (χ0n) is 12.2. The predicted molar refractivity (Wildman–Crippen MR) is 74.0 cm³/mol. The smallest absolute Gasteiger partial charge is 0.306 e. The molecule has 0 bridgehead atoms. The Kier molecular flexibility index (Phi) is 5.94. The Hall–Kier alpha value is -1.15. The molecule has 0 radical (unpaired) electrons. The van der Waals surface area contributed by atoms with E-state index in [4.69, 9.17) is 0 Å². The van der Waals surface area contributed by atoms with Gasteiger partial charge in [-0.25, -0.2) is 8.42 Å². The number of hydrogen-bond acceptors (Lipinski definition) is 6. The fraction of sp³-hybridized carbons (Fsp3) is 0.833. The molecule has 0 aliphatic carbocycles. The van der Waals surface area contributed by atoms with Gasteiger partial charge in [-0.3, -0.25) is 14.5 Å². The fourth-order valence-corrected chi connectivity index (χ4v) is 3.86. The minimum Gasteiger partial charge on any atom is -0.469 e. The molecule has 1 saturated heterocycles. The van der Waals surface area contributed by atoms with Gasteiger partial charge in [0, 0.05) is 19.6 Å². The summed E-state index contributed by atoms with van der Waals surface area (Å²) in [6.07, 6.45) is 0.720. The third-order valence-corrected chi connectivity index (χ3v) is 5.23. The van der Waals surface area contributed by atoms with Gasteiger partial charge in [-0.2, -0.15) is 0 Å². The summed E-state index contributed by atoms with van der Waals surface area (Å²) in [5.41, 5.74) is 0. The van der Waals surface area contributed by atoms with Gasteiger partial charge < -0.3 is 9.64 Å². The highest BCUT2D eigenvalue weighted by Gasteiger charge is 2.32. The molecule has 1 rings (SSSR count). The number of carbonyl (C=O) groups is 2. The maximum absolute atomic E-state index is 12.0. The van der Waals surface area contributed by atoms with Gasteiger partial charge >= 0.3 is 5.97 Å². The number of hydrogen-bond donors (Lipinski definition) is 0. The second kappa shape index (κ2) is 7.03. The van der Waals surface area contributed by atoms with Crippen LogP contribution in [0, 0.1) is 0 Å². The van der Waals surface area contributed by atoms with E-state index >= 15 is 0 Å². The fourth-order valence-electron chi connectivity index (χ4n) is 2.09. The average molecular weight is 306 g/mol. The Bertz CT molecular complexity index is 462. The molecule has 7 nitrogen and oxygen atoms in total. The second-order valence-electron chi connectivity index (χ2n) is 5.13. The number of likely N-dealkylation sites (N-methyl/N-ethyl adjacent to an activating group) is 2. The van der Waals surface area contributed by atoms with E-state index < -0.39 is 9.84 Å². The zero-order chi connectivity index (χ0) is 15.3. The molecule has 1 heterocycles. The molecule has 1 unspecified atom stereocenters. The van der Waals surface area contributed by atoms with Crippen LogP contribution in [0.15, 0.2) is 0 Å². The van der Waals surface area contributed by atoms with Gasteiger partial charge in [-0.1, -0.05) is 0 Å². The van der Waals surface area contributed by atoms with E-state index in [-0.39, 0.29) is 42.4 Å². The maximum Gasteiger partial charge on any atom is 0.306 e. The van der Waals surface area contributed by atoms with Crippen molar-refractivity contribution in [3.05, 3.63) is 0 Å². The number of rotatable bonds is 6. The van der Waals surface area contributed by atoms with Crippen LogP contribution in [0.2, 0.25) is 0 Å². The van der Waals surface area contributed by atoms with Crippen LogP contribution in [0.25, 0.3) is 0 Å². The molecular weight excluding hydrogens is 284 g/mol. The van der Waals surface area contributed by atoms with Gasteiger partial charge in [-0.15, -0.1) is 0 Å². The van der Waals surface area contributed by atoms with Gasteiger partial charge in [0.15, 0.2) is 9.84 Å². The van der Waals surface area contributed by atoms with E-state index in [1.807, 2.05) is 0 Å². The average Bonchev–Trinajstić information content (AvgIpc) is 2.75. The molecule has 116 valence electrons. The molecule has 1 fully saturated rings. The molecule has 0 aromatic carbocycles. The highest BCUT2D eigenvalue weighted by Crippen LogP contribution is 2.16. The number of esters is 1. The molecule has 0 aromatic rings. The van der Waals surface area contributed by atoms with Crippen LogP contribution >= 0.6 is 0 Å². The summed E-state index contributed by atoms with van der Waals surface area (Å²) < 4.78 is 27.3. The Morgan fingerprint density at radius 1 is 1.30 bits per heavy atom. The summed E-state index contributed by atoms with van der Waals surface area (Å²) in [6, 6.07) is -0.235. The van der Waals surface area contributed by atoms with Crippen molar-refractivity contribution in [1.82, 2.24) is 9.80 Å². The first-order chi connectivity index (χ1) is 9.25. The Labute approximate surface area is 119 Å². The summed E-state index contributed by atoms with van der Waals surface area (Å²) in [5.74, 6) is -0.270. The normalized spacial score (nSPS) is 20.9. The quantitative estimate of drug-likeness (QED) is 0.593. The summed E-state index contributed by atoms with van der Waals surface area (Å²) in [6.45, 7) is 0.583. The van der Waals surface area contributed by atoms with Crippen LogP contribution in [-0.4, -0.2) is 81.9 Å². The molecule has 8 heteroatoms. The van der Waals surface area contributed by atoms with E-state index in [0.717, 1.165) is 0 Å². The van der Waals surface area contributed by atoms with Crippen molar-refractivity contribution in [2.75, 3.05) is 45.8 Å². The SMILES string of the molecule is COC(=O)CCN(C)CC(=O)N(C)C1CCS(=O)(=O)C1. The van der Waals surface area contributed by atoms with E-state index in [0.29, 0.717) is 13.0 Å². The van der Waals surface area contributed by atoms with E-state index in [1.54, 1.807) is 19.0 Å². The standard InChI is InChI=1S/C12H22N2O5S/c1-13(6-4-12(16)19-3)8-11(15)14(2)10-5-7-20(17,18)9-10/h10H,4-9H2,1-3H3. The van der Waals surface area contributed by atoms with Crippen LogP contribution in [0.4, 0.5) is 0 Å². The minimum absolute atomic E-state index is 0.0428. The third kappa shape index (κ3) is 5.09. The lowest BCUT2D eigenvalue weighted by molar-refractivity contribution is -0.141. The summed E-state index contributed by atoms with van der Waals surface area (Å²) in [4.78, 5) is 26.3. The molecule has 20 heavy (non-hydrogen) atoms. The molecule has 0 aromatic heterocycles. The Morgan fingerprint density at radius 2 is 1.95 bits per heavy atom. The molecule has 0 N–H and O–H groups in total. The monoisotopic (exact) mass is 306 g/mol. The van der Waals surface area contributed by atoms with Crippen LogP contribution in [0.3, 0.4) is 0 Å². The predicted octanol–water partition coefficient (Wildman–Crippen LogP) is -0.873. The van der Waals surface area contributed by atoms with Crippen molar-refractivity contribution in [3.63, 3.8) is 0 Å². The van der Waals surface area contributed by atoms with Crippen molar-refractivity contribution in [3.8, 4) is 0 Å². The van der Waals surface area contributed by atoms with Gasteiger partial charge in [0.05, 0.1) is 31.6 Å². The Balaban J connectivity index is 2.40. The van der Waals surface area contributed by atoms with Gasteiger partial charge in [0.1, 0.15) is 0 Å². The lowest BCUT2D eigenvalue weighted by atomic mass is 10.2. The number of ether oxygens (including phenoxy) is 1.